The van der Waals surface area contributed by atoms with Crippen molar-refractivity contribution in [2.24, 2.45) is 0 Å². The lowest BCUT2D eigenvalue weighted by molar-refractivity contribution is -0.253. The van der Waals surface area contributed by atoms with Gasteiger partial charge >= 0.3 is 6.18 Å². The van der Waals surface area contributed by atoms with Crippen molar-refractivity contribution in [3.8, 4) is 0 Å². The molecule has 1 N–H and O–H groups in total. The highest BCUT2D eigenvalue weighted by Crippen LogP contribution is 2.37. The Bertz CT molecular complexity index is 505. The van der Waals surface area contributed by atoms with Crippen molar-refractivity contribution < 1.29 is 23.1 Å². The van der Waals surface area contributed by atoms with E-state index in [0.29, 0.717) is 10.8 Å². The molecule has 1 amide bonds. The summed E-state index contributed by atoms with van der Waals surface area (Å²) in [4.78, 5) is 13.8. The van der Waals surface area contributed by atoms with Gasteiger partial charge in [-0.05, 0) is 18.6 Å². The maximum atomic E-state index is 12.6. The van der Waals surface area contributed by atoms with Crippen LogP contribution < -0.4 is 0 Å². The molecule has 0 aliphatic carbocycles. The number of rotatable bonds is 3. The number of nitrogens with zero attached hydrogens (tertiary/aromatic N) is 1. The van der Waals surface area contributed by atoms with Crippen LogP contribution in [-0.4, -0.2) is 40.8 Å². The van der Waals surface area contributed by atoms with Gasteiger partial charge in [0.15, 0.2) is 5.60 Å². The predicted molar refractivity (Wildman–Crippen MR) is 69.9 cm³/mol. The molecule has 0 bridgehead atoms. The van der Waals surface area contributed by atoms with Crippen molar-refractivity contribution in [2.75, 3.05) is 13.1 Å². The highest BCUT2D eigenvalue weighted by Gasteiger charge is 2.57. The zero-order valence-corrected chi connectivity index (χ0v) is 12.0. The molecule has 1 fully saturated rings. The van der Waals surface area contributed by atoms with Crippen LogP contribution >= 0.6 is 22.9 Å². The summed E-state index contributed by atoms with van der Waals surface area (Å²) in [6.45, 7) is -0.749. The van der Waals surface area contributed by atoms with Crippen molar-refractivity contribution >= 4 is 28.8 Å². The summed E-state index contributed by atoms with van der Waals surface area (Å²) in [5.74, 6) is -0.380. The molecule has 1 saturated heterocycles. The second-order valence-electron chi connectivity index (χ2n) is 4.80. The molecule has 3 nitrogen and oxygen atoms in total. The molecular weight excluding hydrogens is 315 g/mol. The third-order valence-corrected chi connectivity index (χ3v) is 4.63. The van der Waals surface area contributed by atoms with E-state index in [9.17, 15) is 23.1 Å². The van der Waals surface area contributed by atoms with Crippen LogP contribution in [0.1, 0.15) is 17.7 Å². The number of aryl methyl sites for hydroxylation is 1. The summed E-state index contributed by atoms with van der Waals surface area (Å²) >= 11 is 7.10. The Morgan fingerprint density at radius 1 is 1.50 bits per heavy atom. The van der Waals surface area contributed by atoms with E-state index < -0.39 is 24.7 Å². The molecule has 2 heterocycles. The summed E-state index contributed by atoms with van der Waals surface area (Å²) < 4.78 is 38.5. The molecule has 1 aromatic rings. The first-order valence-electron chi connectivity index (χ1n) is 6.02. The number of carbonyl (C=O) groups excluding carboxylic acids is 1. The molecule has 2 rings (SSSR count). The molecule has 1 aromatic heterocycles. The van der Waals surface area contributed by atoms with E-state index in [1.165, 1.54) is 11.3 Å². The zero-order valence-electron chi connectivity index (χ0n) is 10.4. The molecule has 0 spiro atoms. The average molecular weight is 328 g/mol. The highest BCUT2D eigenvalue weighted by atomic mass is 35.5. The third-order valence-electron chi connectivity index (χ3n) is 3.34. The van der Waals surface area contributed by atoms with Crippen molar-refractivity contribution in [1.29, 1.82) is 0 Å². The van der Waals surface area contributed by atoms with Gasteiger partial charge in [-0.1, -0.05) is 11.6 Å². The Morgan fingerprint density at radius 2 is 2.20 bits per heavy atom. The molecule has 8 heteroatoms. The van der Waals surface area contributed by atoms with Gasteiger partial charge < -0.3 is 10.0 Å². The van der Waals surface area contributed by atoms with Crippen LogP contribution in [-0.2, 0) is 11.2 Å². The van der Waals surface area contributed by atoms with Crippen LogP contribution in [0.5, 0.6) is 0 Å². The Labute approximate surface area is 123 Å². The average Bonchev–Trinajstić information content (AvgIpc) is 2.93. The summed E-state index contributed by atoms with van der Waals surface area (Å²) in [6, 6.07) is 3.50. The van der Waals surface area contributed by atoms with Crippen LogP contribution in [0.25, 0.3) is 0 Å². The first kappa shape index (κ1) is 15.6. The van der Waals surface area contributed by atoms with Gasteiger partial charge in [0.05, 0.1) is 10.9 Å². The Hall–Kier alpha value is -0.790. The quantitative estimate of drug-likeness (QED) is 0.927. The van der Waals surface area contributed by atoms with Crippen molar-refractivity contribution in [1.82, 2.24) is 4.90 Å². The minimum Gasteiger partial charge on any atom is -0.379 e. The Balaban J connectivity index is 1.89. The maximum absolute atomic E-state index is 12.6. The number of aliphatic hydroxyl groups is 1. The van der Waals surface area contributed by atoms with E-state index in [1.54, 1.807) is 12.1 Å². The molecule has 0 unspecified atom stereocenters. The topological polar surface area (TPSA) is 40.5 Å². The number of β-amino-alcohol motifs (C(OH)–C–C–N with tert-alkyl or cyclic N) is 1. The molecule has 1 aliphatic heterocycles. The number of hydrogen-bond acceptors (Lipinski definition) is 3. The monoisotopic (exact) mass is 327 g/mol. The number of thiophene rings is 1. The van der Waals surface area contributed by atoms with Crippen molar-refractivity contribution in [3.05, 3.63) is 21.3 Å². The van der Waals surface area contributed by atoms with E-state index in [-0.39, 0.29) is 18.9 Å². The SMILES string of the molecule is O=C(CCc1ccc(Cl)s1)N1CC[C@@](O)(C(F)(F)F)C1. The lowest BCUT2D eigenvalue weighted by Crippen LogP contribution is -2.48. The largest absolute Gasteiger partial charge is 0.419 e. The number of hydrogen-bond donors (Lipinski definition) is 1. The van der Waals surface area contributed by atoms with Gasteiger partial charge in [0.2, 0.25) is 5.91 Å². The van der Waals surface area contributed by atoms with Gasteiger partial charge in [-0.25, -0.2) is 0 Å². The summed E-state index contributed by atoms with van der Waals surface area (Å²) in [6.07, 6.45) is -4.61. The molecule has 0 aromatic carbocycles. The van der Waals surface area contributed by atoms with Crippen molar-refractivity contribution in [2.45, 2.75) is 31.0 Å². The minimum absolute atomic E-state index is 0.0694. The van der Waals surface area contributed by atoms with Gasteiger partial charge in [-0.15, -0.1) is 11.3 Å². The van der Waals surface area contributed by atoms with Crippen LogP contribution in [0.4, 0.5) is 13.2 Å². The standard InChI is InChI=1S/C12H13ClF3NO2S/c13-9-3-1-8(20-9)2-4-10(18)17-6-5-11(19,7-17)12(14,15)16/h1,3,19H,2,4-7H2/t11-/m0/s1. The second kappa shape index (κ2) is 5.54. The molecule has 1 atom stereocenters. The van der Waals surface area contributed by atoms with Gasteiger partial charge in [0.25, 0.3) is 0 Å². The zero-order chi connectivity index (χ0) is 15.0. The lowest BCUT2D eigenvalue weighted by atomic mass is 10.0. The van der Waals surface area contributed by atoms with E-state index in [2.05, 4.69) is 0 Å². The first-order chi connectivity index (χ1) is 9.21. The number of alkyl halides is 3. The van der Waals surface area contributed by atoms with Gasteiger partial charge in [-0.2, -0.15) is 13.2 Å². The third kappa shape index (κ3) is 3.27. The molecule has 0 saturated carbocycles. The summed E-state index contributed by atoms with van der Waals surface area (Å²) in [5, 5.41) is 9.50. The highest BCUT2D eigenvalue weighted by molar-refractivity contribution is 7.16. The molecule has 1 aliphatic rings. The second-order valence-corrected chi connectivity index (χ2v) is 6.60. The van der Waals surface area contributed by atoms with Crippen LogP contribution in [0, 0.1) is 0 Å². The van der Waals surface area contributed by atoms with E-state index in [1.807, 2.05) is 0 Å². The lowest BCUT2D eigenvalue weighted by Gasteiger charge is -2.25. The normalized spacial score (nSPS) is 23.4. The Morgan fingerprint density at radius 3 is 2.70 bits per heavy atom. The molecular formula is C12H13ClF3NO2S. The van der Waals surface area contributed by atoms with E-state index in [4.69, 9.17) is 11.6 Å². The number of halogens is 4. The number of likely N-dealkylation sites (tertiary alicyclic amines) is 1. The maximum Gasteiger partial charge on any atom is 0.419 e. The number of amides is 1. The smallest absolute Gasteiger partial charge is 0.379 e. The Kier molecular flexibility index (Phi) is 4.32. The van der Waals surface area contributed by atoms with Crippen LogP contribution in [0.15, 0.2) is 12.1 Å². The first-order valence-corrected chi connectivity index (χ1v) is 7.22. The van der Waals surface area contributed by atoms with E-state index in [0.717, 1.165) is 9.78 Å². The predicted octanol–water partition coefficient (Wildman–Crippen LogP) is 2.86. The summed E-state index contributed by atoms with van der Waals surface area (Å²) in [7, 11) is 0. The minimum atomic E-state index is -4.71. The fraction of sp³-hybridized carbons (Fsp3) is 0.583. The van der Waals surface area contributed by atoms with Gasteiger partial charge in [-0.3, -0.25) is 4.79 Å². The fourth-order valence-corrected chi connectivity index (χ4v) is 3.20. The number of carbonyl (C=O) groups is 1. The summed E-state index contributed by atoms with van der Waals surface area (Å²) in [5.41, 5.74) is -2.77. The van der Waals surface area contributed by atoms with E-state index >= 15 is 0 Å². The van der Waals surface area contributed by atoms with Crippen molar-refractivity contribution in [3.63, 3.8) is 0 Å². The van der Waals surface area contributed by atoms with Gasteiger partial charge in [0, 0.05) is 24.3 Å². The molecule has 112 valence electrons. The van der Waals surface area contributed by atoms with Crippen LogP contribution in [0.2, 0.25) is 4.34 Å². The van der Waals surface area contributed by atoms with Crippen LogP contribution in [0.3, 0.4) is 0 Å². The fourth-order valence-electron chi connectivity index (χ4n) is 2.11. The molecule has 0 radical (unpaired) electrons. The van der Waals surface area contributed by atoms with Gasteiger partial charge in [0.1, 0.15) is 0 Å². The molecule has 20 heavy (non-hydrogen) atoms.